The third-order valence-electron chi connectivity index (χ3n) is 3.44. The monoisotopic (exact) mass is 281 g/mol. The maximum absolute atomic E-state index is 11.1. The Morgan fingerprint density at radius 3 is 2.63 bits per heavy atom. The Morgan fingerprint density at radius 2 is 1.89 bits per heavy atom. The molecule has 0 radical (unpaired) electrons. The van der Waals surface area contributed by atoms with Crippen molar-refractivity contribution in [2.75, 3.05) is 32.8 Å². The Balaban J connectivity index is 1.57. The average molecular weight is 282 g/mol. The van der Waals surface area contributed by atoms with Crippen LogP contribution in [0, 0.1) is 0 Å². The highest BCUT2D eigenvalue weighted by molar-refractivity contribution is 6.31. The molecule has 1 saturated heterocycles. The van der Waals surface area contributed by atoms with Gasteiger partial charge in [-0.05, 0) is 18.1 Å². The number of ketones is 1. The van der Waals surface area contributed by atoms with Crippen molar-refractivity contribution in [2.45, 2.75) is 19.3 Å². The minimum atomic E-state index is 0.385. The second kappa shape index (κ2) is 7.63. The van der Waals surface area contributed by atoms with Crippen molar-refractivity contribution in [3.63, 3.8) is 0 Å². The Bertz CT molecular complexity index is 412. The molecule has 19 heavy (non-hydrogen) atoms. The summed E-state index contributed by atoms with van der Waals surface area (Å²) in [4.78, 5) is 13.4. The standard InChI is InChI=1S/C15H20ClNO2/c16-15-4-2-1-3-13(15)7-11-19-12-10-17-8-5-14(18)6-9-17/h1-4H,5-12H2. The second-order valence-corrected chi connectivity index (χ2v) is 5.24. The first-order valence-corrected chi connectivity index (χ1v) is 7.19. The summed E-state index contributed by atoms with van der Waals surface area (Å²) in [5, 5.41) is 0.806. The summed E-state index contributed by atoms with van der Waals surface area (Å²) < 4.78 is 5.64. The fraction of sp³-hybridized carbons (Fsp3) is 0.533. The molecule has 4 heteroatoms. The molecule has 1 aromatic carbocycles. The van der Waals surface area contributed by atoms with Gasteiger partial charge in [0.15, 0.2) is 0 Å². The zero-order valence-electron chi connectivity index (χ0n) is 11.1. The number of ether oxygens (including phenoxy) is 1. The zero-order valence-corrected chi connectivity index (χ0v) is 11.9. The molecule has 3 nitrogen and oxygen atoms in total. The molecule has 0 atom stereocenters. The molecule has 0 aliphatic carbocycles. The van der Waals surface area contributed by atoms with Gasteiger partial charge in [-0.3, -0.25) is 4.79 Å². The first-order valence-electron chi connectivity index (χ1n) is 6.81. The van der Waals surface area contributed by atoms with Gasteiger partial charge in [0.2, 0.25) is 0 Å². The zero-order chi connectivity index (χ0) is 13.5. The minimum absolute atomic E-state index is 0.385. The van der Waals surface area contributed by atoms with Gasteiger partial charge < -0.3 is 9.64 Å². The van der Waals surface area contributed by atoms with Crippen LogP contribution in [-0.2, 0) is 16.0 Å². The van der Waals surface area contributed by atoms with Crippen molar-refractivity contribution < 1.29 is 9.53 Å². The quantitative estimate of drug-likeness (QED) is 0.751. The molecule has 0 saturated carbocycles. The molecule has 1 aliphatic rings. The molecular formula is C15H20ClNO2. The van der Waals surface area contributed by atoms with E-state index in [4.69, 9.17) is 16.3 Å². The highest BCUT2D eigenvalue weighted by Gasteiger charge is 2.15. The molecule has 0 unspecified atom stereocenters. The average Bonchev–Trinajstić information content (AvgIpc) is 2.42. The maximum Gasteiger partial charge on any atom is 0.135 e. The number of carbonyl (C=O) groups excluding carboxylic acids is 1. The van der Waals surface area contributed by atoms with E-state index >= 15 is 0 Å². The Hall–Kier alpha value is -0.900. The number of hydrogen-bond acceptors (Lipinski definition) is 3. The van der Waals surface area contributed by atoms with Crippen LogP contribution in [0.2, 0.25) is 5.02 Å². The third kappa shape index (κ3) is 4.94. The van der Waals surface area contributed by atoms with E-state index in [1.807, 2.05) is 24.3 Å². The van der Waals surface area contributed by atoms with Crippen molar-refractivity contribution in [1.29, 1.82) is 0 Å². The number of Topliss-reactive ketones (excluding diaryl/α,β-unsaturated/α-hetero) is 1. The summed E-state index contributed by atoms with van der Waals surface area (Å²) in [5.74, 6) is 0.385. The lowest BCUT2D eigenvalue weighted by molar-refractivity contribution is -0.121. The summed E-state index contributed by atoms with van der Waals surface area (Å²) in [6.07, 6.45) is 2.23. The van der Waals surface area contributed by atoms with E-state index in [0.717, 1.165) is 43.2 Å². The van der Waals surface area contributed by atoms with E-state index in [1.165, 1.54) is 0 Å². The fourth-order valence-corrected chi connectivity index (χ4v) is 2.44. The number of carbonyl (C=O) groups is 1. The Labute approximate surface area is 119 Å². The van der Waals surface area contributed by atoms with E-state index in [0.29, 0.717) is 25.2 Å². The van der Waals surface area contributed by atoms with E-state index in [9.17, 15) is 4.79 Å². The van der Waals surface area contributed by atoms with Crippen molar-refractivity contribution >= 4 is 17.4 Å². The van der Waals surface area contributed by atoms with Crippen LogP contribution < -0.4 is 0 Å². The van der Waals surface area contributed by atoms with Gasteiger partial charge in [-0.1, -0.05) is 29.8 Å². The molecule has 0 bridgehead atoms. The van der Waals surface area contributed by atoms with Gasteiger partial charge in [-0.2, -0.15) is 0 Å². The lowest BCUT2D eigenvalue weighted by atomic mass is 10.1. The SMILES string of the molecule is O=C1CCN(CCOCCc2ccccc2Cl)CC1. The van der Waals surface area contributed by atoms with E-state index < -0.39 is 0 Å². The summed E-state index contributed by atoms with van der Waals surface area (Å²) in [7, 11) is 0. The predicted molar refractivity (Wildman–Crippen MR) is 76.7 cm³/mol. The van der Waals surface area contributed by atoms with Crippen molar-refractivity contribution in [3.8, 4) is 0 Å². The number of nitrogens with zero attached hydrogens (tertiary/aromatic N) is 1. The van der Waals surface area contributed by atoms with Crippen LogP contribution in [0.25, 0.3) is 0 Å². The van der Waals surface area contributed by atoms with Crippen molar-refractivity contribution in [1.82, 2.24) is 4.90 Å². The lowest BCUT2D eigenvalue weighted by Crippen LogP contribution is -2.36. The molecule has 0 N–H and O–H groups in total. The maximum atomic E-state index is 11.1. The molecule has 2 rings (SSSR count). The molecule has 0 aromatic heterocycles. The van der Waals surface area contributed by atoms with Crippen LogP contribution in [-0.4, -0.2) is 43.5 Å². The molecule has 104 valence electrons. The smallest absolute Gasteiger partial charge is 0.135 e. The van der Waals surface area contributed by atoms with E-state index in [2.05, 4.69) is 4.90 Å². The van der Waals surface area contributed by atoms with Crippen LogP contribution in [0.15, 0.2) is 24.3 Å². The van der Waals surface area contributed by atoms with Crippen LogP contribution in [0.4, 0.5) is 0 Å². The lowest BCUT2D eigenvalue weighted by Gasteiger charge is -2.25. The predicted octanol–water partition coefficient (Wildman–Crippen LogP) is 2.56. The summed E-state index contributed by atoms with van der Waals surface area (Å²) in [6, 6.07) is 7.86. The van der Waals surface area contributed by atoms with E-state index in [-0.39, 0.29) is 0 Å². The normalized spacial score (nSPS) is 16.8. The van der Waals surface area contributed by atoms with E-state index in [1.54, 1.807) is 0 Å². The van der Waals surface area contributed by atoms with Gasteiger partial charge in [-0.25, -0.2) is 0 Å². The summed E-state index contributed by atoms with van der Waals surface area (Å²) >= 11 is 6.08. The third-order valence-corrected chi connectivity index (χ3v) is 3.81. The molecular weight excluding hydrogens is 262 g/mol. The summed E-state index contributed by atoms with van der Waals surface area (Å²) in [6.45, 7) is 4.09. The van der Waals surface area contributed by atoms with Crippen LogP contribution in [0.1, 0.15) is 18.4 Å². The number of likely N-dealkylation sites (tertiary alicyclic amines) is 1. The highest BCUT2D eigenvalue weighted by atomic mass is 35.5. The van der Waals surface area contributed by atoms with Gasteiger partial charge in [0, 0.05) is 37.5 Å². The Morgan fingerprint density at radius 1 is 1.16 bits per heavy atom. The fourth-order valence-electron chi connectivity index (χ4n) is 2.21. The molecule has 1 fully saturated rings. The number of rotatable bonds is 6. The molecule has 1 heterocycles. The number of hydrogen-bond donors (Lipinski definition) is 0. The molecule has 0 spiro atoms. The second-order valence-electron chi connectivity index (χ2n) is 4.83. The topological polar surface area (TPSA) is 29.5 Å². The first kappa shape index (κ1) is 14.5. The van der Waals surface area contributed by atoms with Crippen molar-refractivity contribution in [2.24, 2.45) is 0 Å². The van der Waals surface area contributed by atoms with Gasteiger partial charge >= 0.3 is 0 Å². The summed E-state index contributed by atoms with van der Waals surface area (Å²) in [5.41, 5.74) is 1.13. The van der Waals surface area contributed by atoms with Crippen LogP contribution >= 0.6 is 11.6 Å². The van der Waals surface area contributed by atoms with Crippen molar-refractivity contribution in [3.05, 3.63) is 34.9 Å². The Kier molecular flexibility index (Phi) is 5.83. The van der Waals surface area contributed by atoms with Gasteiger partial charge in [0.1, 0.15) is 5.78 Å². The van der Waals surface area contributed by atoms with Gasteiger partial charge in [0.25, 0.3) is 0 Å². The highest BCUT2D eigenvalue weighted by Crippen LogP contribution is 2.15. The molecule has 1 aromatic rings. The van der Waals surface area contributed by atoms with Gasteiger partial charge in [-0.15, -0.1) is 0 Å². The minimum Gasteiger partial charge on any atom is -0.380 e. The number of halogens is 1. The van der Waals surface area contributed by atoms with Crippen LogP contribution in [0.3, 0.4) is 0 Å². The molecule has 1 aliphatic heterocycles. The van der Waals surface area contributed by atoms with Gasteiger partial charge in [0.05, 0.1) is 13.2 Å². The largest absolute Gasteiger partial charge is 0.380 e. The molecule has 0 amide bonds. The number of benzene rings is 1. The number of piperidine rings is 1. The van der Waals surface area contributed by atoms with Crippen LogP contribution in [0.5, 0.6) is 0 Å². The first-order chi connectivity index (χ1) is 9.25.